The standard InChI is InChI=1S/C3H9NO5S/c1-7-4(8-2)10(5,6)9-3/h1-3H3. The van der Waals surface area contributed by atoms with Crippen LogP contribution in [-0.2, 0) is 24.2 Å². The molecule has 0 atom stereocenters. The Morgan fingerprint density at radius 2 is 1.50 bits per heavy atom. The zero-order valence-electron chi connectivity index (χ0n) is 5.90. The monoisotopic (exact) mass is 171 g/mol. The van der Waals surface area contributed by atoms with Crippen molar-refractivity contribution in [1.29, 1.82) is 0 Å². The second kappa shape index (κ2) is 3.84. The van der Waals surface area contributed by atoms with Gasteiger partial charge in [-0.25, -0.2) is 0 Å². The van der Waals surface area contributed by atoms with Gasteiger partial charge >= 0.3 is 10.3 Å². The molecule has 0 spiro atoms. The molecule has 0 unspecified atom stereocenters. The van der Waals surface area contributed by atoms with Gasteiger partial charge in [-0.3, -0.25) is 13.9 Å². The average Bonchev–Trinajstić information content (AvgIpc) is 1.90. The van der Waals surface area contributed by atoms with Gasteiger partial charge in [0.15, 0.2) is 0 Å². The lowest BCUT2D eigenvalue weighted by Gasteiger charge is -2.12. The molecule has 0 aromatic carbocycles. The molecular formula is C3H9NO5S. The van der Waals surface area contributed by atoms with Crippen molar-refractivity contribution >= 4 is 10.3 Å². The molecule has 0 fully saturated rings. The summed E-state index contributed by atoms with van der Waals surface area (Å²) < 4.78 is 25.5. The molecule has 0 bridgehead atoms. The van der Waals surface area contributed by atoms with Crippen LogP contribution in [-0.4, -0.2) is 34.4 Å². The highest BCUT2D eigenvalue weighted by Gasteiger charge is 2.20. The number of nitrogens with zero attached hydrogens (tertiary/aromatic N) is 1. The van der Waals surface area contributed by atoms with Crippen molar-refractivity contribution in [3.05, 3.63) is 0 Å². The Labute approximate surface area is 59.4 Å². The molecule has 7 heteroatoms. The summed E-state index contributed by atoms with van der Waals surface area (Å²) in [6, 6.07) is 0. The summed E-state index contributed by atoms with van der Waals surface area (Å²) in [5.74, 6) is 0. The Balaban J connectivity index is 4.28. The van der Waals surface area contributed by atoms with Gasteiger partial charge in [0.25, 0.3) is 0 Å². The average molecular weight is 171 g/mol. The van der Waals surface area contributed by atoms with Gasteiger partial charge in [0.2, 0.25) is 0 Å². The fraction of sp³-hybridized carbons (Fsp3) is 1.00. The molecule has 0 aromatic heterocycles. The molecule has 0 radical (unpaired) electrons. The Bertz CT molecular complexity index is 171. The zero-order valence-corrected chi connectivity index (χ0v) is 6.71. The SMILES string of the molecule is CON(OC)S(=O)(=O)OC. The van der Waals surface area contributed by atoms with Crippen molar-refractivity contribution in [2.45, 2.75) is 0 Å². The maximum atomic E-state index is 10.6. The van der Waals surface area contributed by atoms with E-state index < -0.39 is 10.3 Å². The summed E-state index contributed by atoms with van der Waals surface area (Å²) in [6.45, 7) is 0. The second-order valence-corrected chi connectivity index (χ2v) is 2.67. The van der Waals surface area contributed by atoms with Crippen LogP contribution in [0.2, 0.25) is 0 Å². The van der Waals surface area contributed by atoms with Crippen LogP contribution in [0.25, 0.3) is 0 Å². The van der Waals surface area contributed by atoms with Crippen molar-refractivity contribution < 1.29 is 22.3 Å². The number of hydrogen-bond acceptors (Lipinski definition) is 5. The second-order valence-electron chi connectivity index (χ2n) is 1.18. The van der Waals surface area contributed by atoms with Crippen LogP contribution in [0.1, 0.15) is 0 Å². The van der Waals surface area contributed by atoms with E-state index in [-0.39, 0.29) is 4.63 Å². The summed E-state index contributed by atoms with van der Waals surface area (Å²) >= 11 is 0. The molecule has 0 N–H and O–H groups in total. The molecule has 6 nitrogen and oxygen atoms in total. The van der Waals surface area contributed by atoms with E-state index >= 15 is 0 Å². The Morgan fingerprint density at radius 3 is 1.60 bits per heavy atom. The first kappa shape index (κ1) is 9.79. The first-order valence-electron chi connectivity index (χ1n) is 2.27. The Morgan fingerprint density at radius 1 is 1.10 bits per heavy atom. The van der Waals surface area contributed by atoms with Crippen LogP contribution >= 0.6 is 0 Å². The van der Waals surface area contributed by atoms with E-state index in [1.54, 1.807) is 0 Å². The lowest BCUT2D eigenvalue weighted by molar-refractivity contribution is -0.275. The summed E-state index contributed by atoms with van der Waals surface area (Å²) in [5, 5.41) is 0. The fourth-order valence-corrected chi connectivity index (χ4v) is 0.805. The van der Waals surface area contributed by atoms with E-state index in [1.807, 2.05) is 0 Å². The predicted octanol–water partition coefficient (Wildman–Crippen LogP) is -0.698. The molecule has 0 aliphatic heterocycles. The van der Waals surface area contributed by atoms with Crippen LogP contribution in [0.5, 0.6) is 0 Å². The van der Waals surface area contributed by atoms with Crippen molar-refractivity contribution in [2.75, 3.05) is 21.3 Å². The zero-order chi connectivity index (χ0) is 8.20. The van der Waals surface area contributed by atoms with Crippen molar-refractivity contribution in [2.24, 2.45) is 0 Å². The van der Waals surface area contributed by atoms with Gasteiger partial charge in [-0.15, -0.1) is 0 Å². The predicted molar refractivity (Wildman–Crippen MR) is 31.8 cm³/mol. The highest BCUT2D eigenvalue weighted by atomic mass is 32.2. The smallest absolute Gasteiger partial charge is 0.262 e. The Hall–Kier alpha value is -0.210. The number of rotatable bonds is 4. The third-order valence-electron chi connectivity index (χ3n) is 0.691. The highest BCUT2D eigenvalue weighted by molar-refractivity contribution is 7.84. The van der Waals surface area contributed by atoms with Gasteiger partial charge in [0.05, 0.1) is 26.0 Å². The summed E-state index contributed by atoms with van der Waals surface area (Å²) in [7, 11) is -0.593. The van der Waals surface area contributed by atoms with E-state index in [9.17, 15) is 8.42 Å². The minimum absolute atomic E-state index is 0.243. The summed E-state index contributed by atoms with van der Waals surface area (Å²) in [5.41, 5.74) is 0. The molecule has 10 heavy (non-hydrogen) atoms. The molecule has 62 valence electrons. The van der Waals surface area contributed by atoms with Gasteiger partial charge in [-0.1, -0.05) is 0 Å². The van der Waals surface area contributed by atoms with Crippen molar-refractivity contribution in [3.8, 4) is 0 Å². The number of hydrogen-bond donors (Lipinski definition) is 0. The minimum atomic E-state index is -3.87. The maximum Gasteiger partial charge on any atom is 0.384 e. The lowest BCUT2D eigenvalue weighted by atomic mass is 11.7. The van der Waals surface area contributed by atoms with Gasteiger partial charge < -0.3 is 0 Å². The highest BCUT2D eigenvalue weighted by Crippen LogP contribution is 2.00. The maximum absolute atomic E-state index is 10.6. The fourth-order valence-electron chi connectivity index (χ4n) is 0.318. The molecule has 0 saturated carbocycles. The molecule has 0 aliphatic carbocycles. The van der Waals surface area contributed by atoms with Crippen molar-refractivity contribution in [1.82, 2.24) is 4.63 Å². The normalized spacial score (nSPS) is 12.4. The molecule has 0 amide bonds. The van der Waals surface area contributed by atoms with Crippen LogP contribution in [0.15, 0.2) is 0 Å². The van der Waals surface area contributed by atoms with E-state index in [2.05, 4.69) is 13.9 Å². The van der Waals surface area contributed by atoms with E-state index in [0.717, 1.165) is 21.3 Å². The topological polar surface area (TPSA) is 65.1 Å². The van der Waals surface area contributed by atoms with Crippen LogP contribution in [0.3, 0.4) is 0 Å². The van der Waals surface area contributed by atoms with Crippen molar-refractivity contribution in [3.63, 3.8) is 0 Å². The van der Waals surface area contributed by atoms with Crippen LogP contribution in [0.4, 0.5) is 0 Å². The molecule has 0 saturated heterocycles. The minimum Gasteiger partial charge on any atom is -0.262 e. The van der Waals surface area contributed by atoms with E-state index in [0.29, 0.717) is 0 Å². The molecular weight excluding hydrogens is 162 g/mol. The molecule has 0 heterocycles. The molecule has 0 aliphatic rings. The van der Waals surface area contributed by atoms with Crippen LogP contribution < -0.4 is 0 Å². The summed E-state index contributed by atoms with van der Waals surface area (Å²) in [4.78, 5) is 8.51. The Kier molecular flexibility index (Phi) is 3.76. The van der Waals surface area contributed by atoms with Gasteiger partial charge in [-0.2, -0.15) is 8.42 Å². The first-order chi connectivity index (χ1) is 4.58. The first-order valence-corrected chi connectivity index (χ1v) is 3.64. The van der Waals surface area contributed by atoms with Gasteiger partial charge in [0.1, 0.15) is 0 Å². The van der Waals surface area contributed by atoms with E-state index in [1.165, 1.54) is 0 Å². The third-order valence-corrected chi connectivity index (χ3v) is 1.78. The van der Waals surface area contributed by atoms with E-state index in [4.69, 9.17) is 0 Å². The lowest BCUT2D eigenvalue weighted by Crippen LogP contribution is -2.29. The quantitative estimate of drug-likeness (QED) is 0.523. The molecule has 0 rings (SSSR count). The van der Waals surface area contributed by atoms with Gasteiger partial charge in [-0.05, 0) is 0 Å². The third kappa shape index (κ3) is 2.20. The van der Waals surface area contributed by atoms with Crippen LogP contribution in [0, 0.1) is 0 Å². The molecule has 0 aromatic rings. The van der Waals surface area contributed by atoms with Gasteiger partial charge in [0, 0.05) is 0 Å². The summed E-state index contributed by atoms with van der Waals surface area (Å²) in [6.07, 6.45) is 0. The largest absolute Gasteiger partial charge is 0.384 e.